The number of carboxylic acids is 1. The van der Waals surface area contributed by atoms with E-state index < -0.39 is 11.5 Å². The normalized spacial score (nSPS) is 17.6. The van der Waals surface area contributed by atoms with Crippen molar-refractivity contribution < 1.29 is 14.7 Å². The van der Waals surface area contributed by atoms with Gasteiger partial charge >= 0.3 is 5.97 Å². The second-order valence-corrected chi connectivity index (χ2v) is 6.29. The van der Waals surface area contributed by atoms with Gasteiger partial charge in [-0.2, -0.15) is 16.9 Å². The van der Waals surface area contributed by atoms with Gasteiger partial charge in [0.1, 0.15) is 5.54 Å². The van der Waals surface area contributed by atoms with E-state index in [0.29, 0.717) is 19.3 Å². The molecular formula is C13H19N3O3S. The fourth-order valence-electron chi connectivity index (χ4n) is 2.30. The first-order valence-electron chi connectivity index (χ1n) is 6.61. The lowest BCUT2D eigenvalue weighted by Gasteiger charge is -2.33. The number of carbonyl (C=O) groups is 2. The van der Waals surface area contributed by atoms with Crippen molar-refractivity contribution in [3.8, 4) is 0 Å². The number of carbonyl (C=O) groups excluding carboxylic acids is 1. The number of aliphatic carboxylic acids is 1. The van der Waals surface area contributed by atoms with Crippen LogP contribution in [0.15, 0.2) is 12.4 Å². The summed E-state index contributed by atoms with van der Waals surface area (Å²) in [5, 5.41) is 16.2. The van der Waals surface area contributed by atoms with Crippen molar-refractivity contribution in [2.45, 2.75) is 31.2 Å². The number of hydrogen-bond donors (Lipinski definition) is 2. The third-order valence-electron chi connectivity index (χ3n) is 3.53. The first kappa shape index (κ1) is 14.9. The van der Waals surface area contributed by atoms with Gasteiger partial charge < -0.3 is 10.4 Å². The average molecular weight is 297 g/mol. The van der Waals surface area contributed by atoms with Crippen molar-refractivity contribution in [1.29, 1.82) is 0 Å². The lowest BCUT2D eigenvalue weighted by Crippen LogP contribution is -2.56. The van der Waals surface area contributed by atoms with E-state index in [0.717, 1.165) is 17.1 Å². The minimum Gasteiger partial charge on any atom is -0.480 e. The SMILES string of the molecule is Cn1cc(CCC(=O)NC2(C(=O)O)CCSCC2)cn1. The van der Waals surface area contributed by atoms with Crippen LogP contribution in [-0.2, 0) is 23.1 Å². The van der Waals surface area contributed by atoms with E-state index in [1.807, 2.05) is 13.2 Å². The Labute approximate surface area is 121 Å². The Morgan fingerprint density at radius 1 is 1.50 bits per heavy atom. The number of carboxylic acid groups (broad SMARTS) is 1. The average Bonchev–Trinajstić information content (AvgIpc) is 2.83. The predicted molar refractivity (Wildman–Crippen MR) is 76.6 cm³/mol. The molecule has 1 amide bonds. The van der Waals surface area contributed by atoms with E-state index in [2.05, 4.69) is 10.4 Å². The fraction of sp³-hybridized carbons (Fsp3) is 0.615. The van der Waals surface area contributed by atoms with Gasteiger partial charge in [0.25, 0.3) is 0 Å². The molecule has 2 N–H and O–H groups in total. The molecule has 0 aromatic carbocycles. The summed E-state index contributed by atoms with van der Waals surface area (Å²) in [5.74, 6) is 0.417. The Balaban J connectivity index is 1.90. The zero-order chi connectivity index (χ0) is 14.6. The summed E-state index contributed by atoms with van der Waals surface area (Å²) in [4.78, 5) is 23.4. The molecule has 7 heteroatoms. The van der Waals surface area contributed by atoms with Crippen LogP contribution in [0.2, 0.25) is 0 Å². The van der Waals surface area contributed by atoms with E-state index >= 15 is 0 Å². The van der Waals surface area contributed by atoms with Crippen LogP contribution in [0.1, 0.15) is 24.8 Å². The van der Waals surface area contributed by atoms with Crippen molar-refractivity contribution >= 4 is 23.6 Å². The van der Waals surface area contributed by atoms with E-state index in [-0.39, 0.29) is 12.3 Å². The molecule has 1 fully saturated rings. The maximum absolute atomic E-state index is 12.0. The van der Waals surface area contributed by atoms with Crippen molar-refractivity contribution in [1.82, 2.24) is 15.1 Å². The summed E-state index contributed by atoms with van der Waals surface area (Å²) < 4.78 is 1.68. The molecule has 1 saturated heterocycles. The van der Waals surface area contributed by atoms with Gasteiger partial charge in [0, 0.05) is 19.7 Å². The Kier molecular flexibility index (Phi) is 4.69. The van der Waals surface area contributed by atoms with Crippen LogP contribution in [0.4, 0.5) is 0 Å². The number of nitrogens with one attached hydrogen (secondary N) is 1. The Bertz CT molecular complexity index is 495. The number of rotatable bonds is 5. The molecule has 2 rings (SSSR count). The largest absolute Gasteiger partial charge is 0.480 e. The molecule has 2 heterocycles. The van der Waals surface area contributed by atoms with Crippen LogP contribution >= 0.6 is 11.8 Å². The fourth-order valence-corrected chi connectivity index (χ4v) is 3.49. The van der Waals surface area contributed by atoms with Crippen LogP contribution in [0.5, 0.6) is 0 Å². The van der Waals surface area contributed by atoms with Crippen LogP contribution in [0.3, 0.4) is 0 Å². The van der Waals surface area contributed by atoms with Crippen molar-refractivity contribution in [3.63, 3.8) is 0 Å². The molecule has 0 saturated carbocycles. The van der Waals surface area contributed by atoms with Gasteiger partial charge in [-0.05, 0) is 36.3 Å². The number of nitrogens with zero attached hydrogens (tertiary/aromatic N) is 2. The summed E-state index contributed by atoms with van der Waals surface area (Å²) in [6, 6.07) is 0. The number of thioether (sulfide) groups is 1. The summed E-state index contributed by atoms with van der Waals surface area (Å²) in [5.41, 5.74) is -0.0942. The molecule has 1 aromatic rings. The van der Waals surface area contributed by atoms with Crippen molar-refractivity contribution in [2.24, 2.45) is 7.05 Å². The monoisotopic (exact) mass is 297 g/mol. The Hall–Kier alpha value is -1.50. The van der Waals surface area contributed by atoms with Crippen LogP contribution in [0.25, 0.3) is 0 Å². The summed E-state index contributed by atoms with van der Waals surface area (Å²) in [6.07, 6.45) is 5.42. The smallest absolute Gasteiger partial charge is 0.329 e. The number of hydrogen-bond acceptors (Lipinski definition) is 4. The topological polar surface area (TPSA) is 84.2 Å². The summed E-state index contributed by atoms with van der Waals surface area (Å²) >= 11 is 1.73. The zero-order valence-corrected chi connectivity index (χ0v) is 12.3. The van der Waals surface area contributed by atoms with E-state index in [1.165, 1.54) is 0 Å². The lowest BCUT2D eigenvalue weighted by atomic mass is 9.92. The molecular weight excluding hydrogens is 278 g/mol. The first-order valence-corrected chi connectivity index (χ1v) is 7.77. The van der Waals surface area contributed by atoms with Crippen LogP contribution in [-0.4, -0.2) is 43.8 Å². The number of aryl methyl sites for hydroxylation is 2. The molecule has 0 unspecified atom stereocenters. The molecule has 0 radical (unpaired) electrons. The maximum Gasteiger partial charge on any atom is 0.329 e. The lowest BCUT2D eigenvalue weighted by molar-refractivity contribution is -0.148. The third-order valence-corrected chi connectivity index (χ3v) is 4.52. The standard InChI is InChI=1S/C13H19N3O3S/c1-16-9-10(8-14-16)2-3-11(17)15-13(12(18)19)4-6-20-7-5-13/h8-9H,2-7H2,1H3,(H,15,17)(H,18,19). The van der Waals surface area contributed by atoms with Crippen LogP contribution in [0, 0.1) is 0 Å². The van der Waals surface area contributed by atoms with E-state index in [1.54, 1.807) is 22.6 Å². The minimum absolute atomic E-state index is 0.205. The van der Waals surface area contributed by atoms with Gasteiger partial charge in [-0.1, -0.05) is 0 Å². The molecule has 1 aliphatic heterocycles. The molecule has 0 bridgehead atoms. The molecule has 20 heavy (non-hydrogen) atoms. The van der Waals surface area contributed by atoms with Crippen molar-refractivity contribution in [2.75, 3.05) is 11.5 Å². The molecule has 1 aliphatic rings. The summed E-state index contributed by atoms with van der Waals surface area (Å²) in [6.45, 7) is 0. The predicted octanol–water partition coefficient (Wildman–Crippen LogP) is 0.819. The highest BCUT2D eigenvalue weighted by atomic mass is 32.2. The Morgan fingerprint density at radius 3 is 2.75 bits per heavy atom. The van der Waals surface area contributed by atoms with Crippen LogP contribution < -0.4 is 5.32 Å². The molecule has 110 valence electrons. The Morgan fingerprint density at radius 2 is 2.20 bits per heavy atom. The molecule has 0 spiro atoms. The van der Waals surface area contributed by atoms with Gasteiger partial charge in [-0.15, -0.1) is 0 Å². The second-order valence-electron chi connectivity index (χ2n) is 5.07. The second kappa shape index (κ2) is 6.30. The van der Waals surface area contributed by atoms with Gasteiger partial charge in [-0.25, -0.2) is 4.79 Å². The van der Waals surface area contributed by atoms with Crippen molar-refractivity contribution in [3.05, 3.63) is 18.0 Å². The van der Waals surface area contributed by atoms with Gasteiger partial charge in [-0.3, -0.25) is 9.48 Å². The highest BCUT2D eigenvalue weighted by molar-refractivity contribution is 7.99. The summed E-state index contributed by atoms with van der Waals surface area (Å²) in [7, 11) is 1.82. The quantitative estimate of drug-likeness (QED) is 0.840. The van der Waals surface area contributed by atoms with Gasteiger partial charge in [0.15, 0.2) is 0 Å². The molecule has 0 aliphatic carbocycles. The first-order chi connectivity index (χ1) is 9.52. The molecule has 0 atom stereocenters. The number of amides is 1. The van der Waals surface area contributed by atoms with Gasteiger partial charge in [0.2, 0.25) is 5.91 Å². The van der Waals surface area contributed by atoms with E-state index in [4.69, 9.17) is 0 Å². The van der Waals surface area contributed by atoms with E-state index in [9.17, 15) is 14.7 Å². The molecule has 1 aromatic heterocycles. The molecule has 6 nitrogen and oxygen atoms in total. The highest BCUT2D eigenvalue weighted by Crippen LogP contribution is 2.27. The minimum atomic E-state index is -1.07. The van der Waals surface area contributed by atoms with Gasteiger partial charge in [0.05, 0.1) is 6.20 Å². The highest BCUT2D eigenvalue weighted by Gasteiger charge is 2.41. The third kappa shape index (κ3) is 3.53. The number of aromatic nitrogens is 2. The maximum atomic E-state index is 12.0. The zero-order valence-electron chi connectivity index (χ0n) is 11.5.